The van der Waals surface area contributed by atoms with Gasteiger partial charge in [-0.3, -0.25) is 0 Å². The van der Waals surface area contributed by atoms with Crippen molar-refractivity contribution in [1.29, 1.82) is 0 Å². The molecule has 88 valence electrons. The lowest BCUT2D eigenvalue weighted by atomic mass is 10.2. The Morgan fingerprint density at radius 3 is 2.71 bits per heavy atom. The van der Waals surface area contributed by atoms with Gasteiger partial charge in [0.25, 0.3) is 0 Å². The summed E-state index contributed by atoms with van der Waals surface area (Å²) in [6.07, 6.45) is 0. The topological polar surface area (TPSA) is 61.0 Å². The quantitative estimate of drug-likeness (QED) is 0.945. The maximum Gasteiger partial charge on any atom is 0.238 e. The molecule has 0 bridgehead atoms. The first-order valence-electron chi connectivity index (χ1n) is 5.15. The summed E-state index contributed by atoms with van der Waals surface area (Å²) in [6.45, 7) is 2.35. The summed E-state index contributed by atoms with van der Waals surface area (Å²) in [7, 11) is 0. The first kappa shape index (κ1) is 12.0. The van der Waals surface area contributed by atoms with E-state index in [-0.39, 0.29) is 0 Å². The molecule has 0 aliphatic carbocycles. The molecule has 1 aromatic heterocycles. The SMILES string of the molecule is Cc1ccc(Br)cc1Oc1ccc(CN)nn1. The van der Waals surface area contributed by atoms with Crippen molar-refractivity contribution in [2.45, 2.75) is 13.5 Å². The molecule has 0 saturated heterocycles. The maximum atomic E-state index is 5.65. The third-order valence-corrected chi connectivity index (χ3v) is 2.76. The largest absolute Gasteiger partial charge is 0.437 e. The third-order valence-electron chi connectivity index (χ3n) is 2.27. The molecule has 5 heteroatoms. The molecule has 0 aliphatic heterocycles. The summed E-state index contributed by atoms with van der Waals surface area (Å²) in [5.41, 5.74) is 7.23. The van der Waals surface area contributed by atoms with Gasteiger partial charge in [0.05, 0.1) is 5.69 Å². The van der Waals surface area contributed by atoms with Crippen molar-refractivity contribution >= 4 is 15.9 Å². The van der Waals surface area contributed by atoms with Gasteiger partial charge in [-0.05, 0) is 30.7 Å². The predicted octanol–water partition coefficient (Wildman–Crippen LogP) is 2.80. The van der Waals surface area contributed by atoms with Gasteiger partial charge in [-0.25, -0.2) is 0 Å². The van der Waals surface area contributed by atoms with Gasteiger partial charge in [-0.1, -0.05) is 22.0 Å². The van der Waals surface area contributed by atoms with Gasteiger partial charge in [-0.15, -0.1) is 5.10 Å². The van der Waals surface area contributed by atoms with Crippen molar-refractivity contribution < 1.29 is 4.74 Å². The summed E-state index contributed by atoms with van der Waals surface area (Å²) >= 11 is 3.40. The van der Waals surface area contributed by atoms with Gasteiger partial charge in [0.15, 0.2) is 0 Å². The lowest BCUT2D eigenvalue weighted by molar-refractivity contribution is 0.450. The van der Waals surface area contributed by atoms with E-state index in [2.05, 4.69) is 26.1 Å². The van der Waals surface area contributed by atoms with Gasteiger partial charge < -0.3 is 10.5 Å². The Bertz CT molecular complexity index is 514. The van der Waals surface area contributed by atoms with Crippen LogP contribution in [0.2, 0.25) is 0 Å². The zero-order valence-electron chi connectivity index (χ0n) is 9.35. The van der Waals surface area contributed by atoms with E-state index < -0.39 is 0 Å². The second-order valence-electron chi connectivity index (χ2n) is 3.58. The highest BCUT2D eigenvalue weighted by Gasteiger charge is 2.04. The van der Waals surface area contributed by atoms with Crippen LogP contribution in [-0.2, 0) is 6.54 Å². The molecular weight excluding hydrogens is 282 g/mol. The average Bonchev–Trinajstić information content (AvgIpc) is 2.35. The van der Waals surface area contributed by atoms with Gasteiger partial charge in [0, 0.05) is 17.1 Å². The van der Waals surface area contributed by atoms with Gasteiger partial charge in [-0.2, -0.15) is 5.10 Å². The molecule has 17 heavy (non-hydrogen) atoms. The number of aromatic nitrogens is 2. The molecule has 1 aromatic carbocycles. The summed E-state index contributed by atoms with van der Waals surface area (Å²) in [5.74, 6) is 1.22. The van der Waals surface area contributed by atoms with Crippen LogP contribution in [0.5, 0.6) is 11.6 Å². The van der Waals surface area contributed by atoms with Crippen LogP contribution in [0.1, 0.15) is 11.3 Å². The Morgan fingerprint density at radius 2 is 2.06 bits per heavy atom. The minimum absolute atomic E-state index is 0.378. The van der Waals surface area contributed by atoms with Gasteiger partial charge >= 0.3 is 0 Å². The number of ether oxygens (including phenoxy) is 1. The molecule has 0 spiro atoms. The molecule has 0 atom stereocenters. The fraction of sp³-hybridized carbons (Fsp3) is 0.167. The lowest BCUT2D eigenvalue weighted by Gasteiger charge is -2.07. The minimum Gasteiger partial charge on any atom is -0.437 e. The van der Waals surface area contributed by atoms with E-state index in [1.54, 1.807) is 12.1 Å². The van der Waals surface area contributed by atoms with E-state index >= 15 is 0 Å². The fourth-order valence-electron chi connectivity index (χ4n) is 1.31. The van der Waals surface area contributed by atoms with Crippen molar-refractivity contribution in [1.82, 2.24) is 10.2 Å². The molecule has 1 heterocycles. The number of nitrogens with two attached hydrogens (primary N) is 1. The molecule has 2 aromatic rings. The third kappa shape index (κ3) is 3.01. The van der Waals surface area contributed by atoms with Crippen molar-refractivity contribution in [3.8, 4) is 11.6 Å². The number of aryl methyl sites for hydroxylation is 1. The standard InChI is InChI=1S/C12H12BrN3O/c1-8-2-3-9(13)6-11(8)17-12-5-4-10(7-14)15-16-12/h2-6H,7,14H2,1H3. The van der Waals surface area contributed by atoms with Crippen LogP contribution in [0.15, 0.2) is 34.8 Å². The first-order chi connectivity index (χ1) is 8.19. The molecule has 2 rings (SSSR count). The zero-order chi connectivity index (χ0) is 12.3. The highest BCUT2D eigenvalue weighted by atomic mass is 79.9. The van der Waals surface area contributed by atoms with E-state index in [0.717, 1.165) is 21.5 Å². The molecule has 0 saturated carbocycles. The zero-order valence-corrected chi connectivity index (χ0v) is 10.9. The van der Waals surface area contributed by atoms with E-state index in [9.17, 15) is 0 Å². The molecule has 0 fully saturated rings. The molecule has 2 N–H and O–H groups in total. The number of rotatable bonds is 3. The van der Waals surface area contributed by atoms with Crippen LogP contribution in [0.3, 0.4) is 0 Å². The number of benzene rings is 1. The summed E-state index contributed by atoms with van der Waals surface area (Å²) in [5, 5.41) is 7.88. The van der Waals surface area contributed by atoms with Crippen LogP contribution in [0.4, 0.5) is 0 Å². The van der Waals surface area contributed by atoms with Crippen LogP contribution >= 0.6 is 15.9 Å². The second-order valence-corrected chi connectivity index (χ2v) is 4.49. The fourth-order valence-corrected chi connectivity index (χ4v) is 1.65. The molecule has 0 radical (unpaired) electrons. The molecule has 0 amide bonds. The average molecular weight is 294 g/mol. The number of halogens is 1. The number of hydrogen-bond donors (Lipinski definition) is 1. The Kier molecular flexibility index (Phi) is 3.71. The van der Waals surface area contributed by atoms with Crippen molar-refractivity contribution in [3.05, 3.63) is 46.1 Å². The van der Waals surface area contributed by atoms with Crippen molar-refractivity contribution in [2.75, 3.05) is 0 Å². The maximum absolute atomic E-state index is 5.65. The van der Waals surface area contributed by atoms with E-state index in [0.29, 0.717) is 12.4 Å². The second kappa shape index (κ2) is 5.25. The van der Waals surface area contributed by atoms with Crippen molar-refractivity contribution in [3.63, 3.8) is 0 Å². The normalized spacial score (nSPS) is 10.3. The highest BCUT2D eigenvalue weighted by Crippen LogP contribution is 2.26. The molecule has 0 unspecified atom stereocenters. The summed E-state index contributed by atoms with van der Waals surface area (Å²) < 4.78 is 6.61. The number of hydrogen-bond acceptors (Lipinski definition) is 4. The van der Waals surface area contributed by atoms with E-state index in [1.165, 1.54) is 0 Å². The summed E-state index contributed by atoms with van der Waals surface area (Å²) in [6, 6.07) is 9.39. The van der Waals surface area contributed by atoms with Crippen LogP contribution < -0.4 is 10.5 Å². The smallest absolute Gasteiger partial charge is 0.238 e. The Balaban J connectivity index is 2.22. The van der Waals surface area contributed by atoms with E-state index in [4.69, 9.17) is 10.5 Å². The van der Waals surface area contributed by atoms with Gasteiger partial charge in [0.2, 0.25) is 5.88 Å². The monoisotopic (exact) mass is 293 g/mol. The first-order valence-corrected chi connectivity index (χ1v) is 5.95. The lowest BCUT2D eigenvalue weighted by Crippen LogP contribution is -2.01. The van der Waals surface area contributed by atoms with E-state index in [1.807, 2.05) is 25.1 Å². The minimum atomic E-state index is 0.378. The Hall–Kier alpha value is -1.46. The number of nitrogens with zero attached hydrogens (tertiary/aromatic N) is 2. The van der Waals surface area contributed by atoms with Crippen molar-refractivity contribution in [2.24, 2.45) is 5.73 Å². The van der Waals surface area contributed by atoms with Gasteiger partial charge in [0.1, 0.15) is 5.75 Å². The predicted molar refractivity (Wildman–Crippen MR) is 68.9 cm³/mol. The highest BCUT2D eigenvalue weighted by molar-refractivity contribution is 9.10. The van der Waals surface area contributed by atoms with Crippen LogP contribution in [-0.4, -0.2) is 10.2 Å². The van der Waals surface area contributed by atoms with Crippen LogP contribution in [0.25, 0.3) is 0 Å². The van der Waals surface area contributed by atoms with Crippen LogP contribution in [0, 0.1) is 6.92 Å². The Labute approximate surface area is 108 Å². The summed E-state index contributed by atoms with van der Waals surface area (Å²) in [4.78, 5) is 0. The molecule has 0 aliphatic rings. The Morgan fingerprint density at radius 1 is 1.24 bits per heavy atom. The molecule has 4 nitrogen and oxygen atoms in total. The molecular formula is C12H12BrN3O.